The summed E-state index contributed by atoms with van der Waals surface area (Å²) in [6.45, 7) is -0.0531. The SMILES string of the molecule is FC(F)(F)CCOCc1ccc(I)cc1. The second-order valence-electron chi connectivity index (χ2n) is 3.04. The van der Waals surface area contributed by atoms with E-state index in [1.54, 1.807) is 0 Å². The van der Waals surface area contributed by atoms with Crippen molar-refractivity contribution in [2.45, 2.75) is 19.2 Å². The molecule has 0 N–H and O–H groups in total. The molecule has 0 fully saturated rings. The first-order chi connectivity index (χ1) is 6.97. The van der Waals surface area contributed by atoms with Gasteiger partial charge < -0.3 is 4.74 Å². The van der Waals surface area contributed by atoms with Crippen molar-refractivity contribution in [2.24, 2.45) is 0 Å². The van der Waals surface area contributed by atoms with Crippen LogP contribution in [0.1, 0.15) is 12.0 Å². The Morgan fingerprint density at radius 1 is 1.13 bits per heavy atom. The van der Waals surface area contributed by atoms with Gasteiger partial charge in [0.1, 0.15) is 0 Å². The van der Waals surface area contributed by atoms with E-state index in [0.717, 1.165) is 9.13 Å². The van der Waals surface area contributed by atoms with Gasteiger partial charge in [-0.25, -0.2) is 0 Å². The molecule has 0 aliphatic rings. The Hall–Kier alpha value is -0.300. The van der Waals surface area contributed by atoms with Crippen LogP contribution in [0.2, 0.25) is 0 Å². The van der Waals surface area contributed by atoms with Gasteiger partial charge in [-0.2, -0.15) is 13.2 Å². The lowest BCUT2D eigenvalue weighted by molar-refractivity contribution is -0.146. The van der Waals surface area contributed by atoms with Crippen LogP contribution in [0, 0.1) is 3.57 Å². The molecule has 0 bridgehead atoms. The monoisotopic (exact) mass is 330 g/mol. The third-order valence-corrected chi connectivity index (χ3v) is 2.43. The molecular formula is C10H10F3IO. The van der Waals surface area contributed by atoms with Gasteiger partial charge in [-0.15, -0.1) is 0 Å². The summed E-state index contributed by atoms with van der Waals surface area (Å²) >= 11 is 2.16. The number of alkyl halides is 3. The first-order valence-corrected chi connectivity index (χ1v) is 5.44. The van der Waals surface area contributed by atoms with Crippen molar-refractivity contribution in [1.82, 2.24) is 0 Å². The van der Waals surface area contributed by atoms with Crippen molar-refractivity contribution < 1.29 is 17.9 Å². The Labute approximate surface area is 99.8 Å². The minimum Gasteiger partial charge on any atom is -0.376 e. The molecule has 0 spiro atoms. The van der Waals surface area contributed by atoms with Gasteiger partial charge in [0.25, 0.3) is 0 Å². The van der Waals surface area contributed by atoms with E-state index in [1.807, 2.05) is 24.3 Å². The molecule has 1 aromatic carbocycles. The highest BCUT2D eigenvalue weighted by molar-refractivity contribution is 14.1. The Bertz CT molecular complexity index is 295. The second-order valence-corrected chi connectivity index (χ2v) is 4.29. The third-order valence-electron chi connectivity index (χ3n) is 1.71. The molecule has 0 radical (unpaired) electrons. The Balaban J connectivity index is 2.23. The van der Waals surface area contributed by atoms with Gasteiger partial charge in [-0.3, -0.25) is 0 Å². The van der Waals surface area contributed by atoms with E-state index in [9.17, 15) is 13.2 Å². The predicted octanol–water partition coefficient (Wildman–Crippen LogP) is 3.76. The zero-order chi connectivity index (χ0) is 11.3. The highest BCUT2D eigenvalue weighted by Gasteiger charge is 2.26. The molecule has 0 aliphatic carbocycles. The topological polar surface area (TPSA) is 9.23 Å². The van der Waals surface area contributed by atoms with Crippen LogP contribution in [-0.2, 0) is 11.3 Å². The van der Waals surface area contributed by atoms with E-state index < -0.39 is 12.6 Å². The highest BCUT2D eigenvalue weighted by atomic mass is 127. The summed E-state index contributed by atoms with van der Waals surface area (Å²) in [4.78, 5) is 0. The van der Waals surface area contributed by atoms with Crippen LogP contribution in [0.5, 0.6) is 0 Å². The molecule has 0 heterocycles. The zero-order valence-electron chi connectivity index (χ0n) is 7.85. The van der Waals surface area contributed by atoms with Gasteiger partial charge in [0, 0.05) is 3.57 Å². The van der Waals surface area contributed by atoms with Crippen LogP contribution in [0.25, 0.3) is 0 Å². The molecule has 0 saturated heterocycles. The number of rotatable bonds is 4. The Morgan fingerprint density at radius 2 is 1.73 bits per heavy atom. The van der Waals surface area contributed by atoms with Gasteiger partial charge in [0.15, 0.2) is 0 Å². The fourth-order valence-corrected chi connectivity index (χ4v) is 1.32. The summed E-state index contributed by atoms with van der Waals surface area (Å²) in [7, 11) is 0. The van der Waals surface area contributed by atoms with Gasteiger partial charge >= 0.3 is 6.18 Å². The zero-order valence-corrected chi connectivity index (χ0v) is 10.0. The smallest absolute Gasteiger partial charge is 0.376 e. The molecule has 0 aliphatic heterocycles. The lowest BCUT2D eigenvalue weighted by Crippen LogP contribution is -2.11. The van der Waals surface area contributed by atoms with Gasteiger partial charge in [-0.1, -0.05) is 12.1 Å². The van der Waals surface area contributed by atoms with Crippen molar-refractivity contribution >= 4 is 22.6 Å². The Morgan fingerprint density at radius 3 is 2.27 bits per heavy atom. The molecule has 0 unspecified atom stereocenters. The number of hydrogen-bond donors (Lipinski definition) is 0. The summed E-state index contributed by atoms with van der Waals surface area (Å²) in [6.07, 6.45) is -5.02. The Kier molecular flexibility index (Phi) is 4.85. The molecule has 0 saturated carbocycles. The first kappa shape index (κ1) is 12.8. The second kappa shape index (κ2) is 5.69. The molecular weight excluding hydrogens is 320 g/mol. The van der Waals surface area contributed by atoms with E-state index in [-0.39, 0.29) is 13.2 Å². The summed E-state index contributed by atoms with van der Waals surface area (Å²) in [6, 6.07) is 7.47. The molecule has 5 heteroatoms. The van der Waals surface area contributed by atoms with Crippen molar-refractivity contribution in [3.05, 3.63) is 33.4 Å². The summed E-state index contributed by atoms with van der Waals surface area (Å²) in [5, 5.41) is 0. The molecule has 1 aromatic rings. The average molecular weight is 330 g/mol. The third kappa shape index (κ3) is 5.99. The standard InChI is InChI=1S/C10H10F3IO/c11-10(12,13)5-6-15-7-8-1-3-9(14)4-2-8/h1-4H,5-7H2. The molecule has 1 nitrogen and oxygen atoms in total. The normalized spacial score (nSPS) is 11.7. The number of ether oxygens (including phenoxy) is 1. The van der Waals surface area contributed by atoms with Crippen LogP contribution in [0.3, 0.4) is 0 Å². The minimum atomic E-state index is -4.13. The highest BCUT2D eigenvalue weighted by Crippen LogP contribution is 2.19. The van der Waals surface area contributed by atoms with Crippen molar-refractivity contribution in [2.75, 3.05) is 6.61 Å². The quantitative estimate of drug-likeness (QED) is 0.603. The van der Waals surface area contributed by atoms with Gasteiger partial charge in [0.2, 0.25) is 0 Å². The maximum Gasteiger partial charge on any atom is 0.391 e. The largest absolute Gasteiger partial charge is 0.391 e. The van der Waals surface area contributed by atoms with E-state index in [1.165, 1.54) is 0 Å². The van der Waals surface area contributed by atoms with E-state index in [0.29, 0.717) is 0 Å². The van der Waals surface area contributed by atoms with Crippen LogP contribution in [-0.4, -0.2) is 12.8 Å². The molecule has 84 valence electrons. The van der Waals surface area contributed by atoms with Gasteiger partial charge in [-0.05, 0) is 40.3 Å². The number of halogens is 4. The molecule has 0 aromatic heterocycles. The molecule has 0 amide bonds. The lowest BCUT2D eigenvalue weighted by atomic mass is 10.2. The van der Waals surface area contributed by atoms with Crippen LogP contribution in [0.4, 0.5) is 13.2 Å². The maximum absolute atomic E-state index is 11.8. The molecule has 15 heavy (non-hydrogen) atoms. The van der Waals surface area contributed by atoms with Crippen molar-refractivity contribution in [3.63, 3.8) is 0 Å². The number of benzene rings is 1. The summed E-state index contributed by atoms with van der Waals surface area (Å²) in [5.41, 5.74) is 0.887. The fourth-order valence-electron chi connectivity index (χ4n) is 0.959. The van der Waals surface area contributed by atoms with Crippen LogP contribution < -0.4 is 0 Å². The minimum absolute atomic E-state index is 0.229. The van der Waals surface area contributed by atoms with Gasteiger partial charge in [0.05, 0.1) is 19.6 Å². The lowest BCUT2D eigenvalue weighted by Gasteiger charge is -2.07. The van der Waals surface area contributed by atoms with E-state index in [4.69, 9.17) is 4.74 Å². The van der Waals surface area contributed by atoms with Crippen LogP contribution in [0.15, 0.2) is 24.3 Å². The molecule has 0 atom stereocenters. The summed E-state index contributed by atoms with van der Waals surface area (Å²) in [5.74, 6) is 0. The molecule has 1 rings (SSSR count). The first-order valence-electron chi connectivity index (χ1n) is 4.36. The van der Waals surface area contributed by atoms with E-state index in [2.05, 4.69) is 22.6 Å². The summed E-state index contributed by atoms with van der Waals surface area (Å²) < 4.78 is 41.3. The fraction of sp³-hybridized carbons (Fsp3) is 0.400. The van der Waals surface area contributed by atoms with E-state index >= 15 is 0 Å². The average Bonchev–Trinajstić information content (AvgIpc) is 2.14. The predicted molar refractivity (Wildman–Crippen MR) is 59.5 cm³/mol. The van der Waals surface area contributed by atoms with Crippen molar-refractivity contribution in [3.8, 4) is 0 Å². The maximum atomic E-state index is 11.8. The van der Waals surface area contributed by atoms with Crippen molar-refractivity contribution in [1.29, 1.82) is 0 Å². The number of hydrogen-bond acceptors (Lipinski definition) is 1. The van der Waals surface area contributed by atoms with Crippen LogP contribution >= 0.6 is 22.6 Å².